The summed E-state index contributed by atoms with van der Waals surface area (Å²) in [7, 11) is -3.43. The highest BCUT2D eigenvalue weighted by molar-refractivity contribution is 7.98. The Balaban J connectivity index is 1.45. The van der Waals surface area contributed by atoms with Crippen molar-refractivity contribution in [3.8, 4) is 0 Å². The van der Waals surface area contributed by atoms with Gasteiger partial charge in [-0.25, -0.2) is 8.42 Å². The van der Waals surface area contributed by atoms with Crippen LogP contribution in [0, 0.1) is 5.92 Å². The van der Waals surface area contributed by atoms with Gasteiger partial charge in [0.2, 0.25) is 15.9 Å². The summed E-state index contributed by atoms with van der Waals surface area (Å²) in [5.74, 6) is 0.249. The number of hydrogen-bond acceptors (Lipinski definition) is 4. The van der Waals surface area contributed by atoms with Gasteiger partial charge in [0.25, 0.3) is 0 Å². The van der Waals surface area contributed by atoms with Crippen LogP contribution in [0.25, 0.3) is 0 Å². The molecule has 1 heterocycles. The first-order chi connectivity index (χ1) is 13.5. The van der Waals surface area contributed by atoms with Crippen LogP contribution in [0.15, 0.2) is 64.4 Å². The van der Waals surface area contributed by atoms with E-state index in [4.69, 9.17) is 0 Å². The number of hydrogen-bond donors (Lipinski definition) is 1. The predicted octanol–water partition coefficient (Wildman–Crippen LogP) is 3.52. The molecular weight excluding hydrogens is 392 g/mol. The number of benzene rings is 2. The number of carbonyl (C=O) groups excluding carboxylic acids is 1. The van der Waals surface area contributed by atoms with Gasteiger partial charge in [0.1, 0.15) is 0 Å². The monoisotopic (exact) mass is 418 g/mol. The Morgan fingerprint density at radius 2 is 1.71 bits per heavy atom. The molecule has 2 aromatic rings. The summed E-state index contributed by atoms with van der Waals surface area (Å²) in [6.07, 6.45) is 3.90. The number of piperidine rings is 1. The molecule has 150 valence electrons. The Morgan fingerprint density at radius 3 is 2.32 bits per heavy atom. The maximum Gasteiger partial charge on any atom is 0.243 e. The van der Waals surface area contributed by atoms with Crippen LogP contribution in [0.4, 0.5) is 0 Å². The summed E-state index contributed by atoms with van der Waals surface area (Å²) < 4.78 is 26.9. The van der Waals surface area contributed by atoms with E-state index in [-0.39, 0.29) is 11.8 Å². The standard InChI is InChI=1S/C21H26N2O3S2/c1-27-19-9-7-18(8-10-19)16-22-21(24)15-17-11-13-23(14-12-17)28(25,26)20-5-3-2-4-6-20/h2-10,17H,11-16H2,1H3,(H,22,24). The molecule has 0 radical (unpaired) electrons. The Hall–Kier alpha value is -1.83. The summed E-state index contributed by atoms with van der Waals surface area (Å²) >= 11 is 1.69. The first kappa shape index (κ1) is 20.9. The second-order valence-corrected chi connectivity index (χ2v) is 9.81. The van der Waals surface area contributed by atoms with Crippen LogP contribution < -0.4 is 5.32 Å². The number of amides is 1. The normalized spacial score (nSPS) is 16.0. The molecule has 5 nitrogen and oxygen atoms in total. The van der Waals surface area contributed by atoms with E-state index in [1.54, 1.807) is 42.1 Å². The van der Waals surface area contributed by atoms with Crippen LogP contribution >= 0.6 is 11.8 Å². The van der Waals surface area contributed by atoms with Crippen molar-refractivity contribution < 1.29 is 13.2 Å². The first-order valence-corrected chi connectivity index (χ1v) is 12.1. The SMILES string of the molecule is CSc1ccc(CNC(=O)CC2CCN(S(=O)(=O)c3ccccc3)CC2)cc1. The van der Waals surface area contributed by atoms with Crippen molar-refractivity contribution in [2.75, 3.05) is 19.3 Å². The smallest absolute Gasteiger partial charge is 0.243 e. The van der Waals surface area contributed by atoms with Crippen LogP contribution in [0.1, 0.15) is 24.8 Å². The minimum Gasteiger partial charge on any atom is -0.352 e. The van der Waals surface area contributed by atoms with Crippen molar-refractivity contribution in [1.29, 1.82) is 0 Å². The van der Waals surface area contributed by atoms with Gasteiger partial charge < -0.3 is 5.32 Å². The summed E-state index contributed by atoms with van der Waals surface area (Å²) in [4.78, 5) is 13.8. The summed E-state index contributed by atoms with van der Waals surface area (Å²) in [6.45, 7) is 1.45. The molecule has 0 saturated carbocycles. The van der Waals surface area contributed by atoms with E-state index in [0.717, 1.165) is 5.56 Å². The second-order valence-electron chi connectivity index (χ2n) is 6.99. The third-order valence-corrected chi connectivity index (χ3v) is 7.73. The first-order valence-electron chi connectivity index (χ1n) is 9.44. The number of nitrogens with one attached hydrogen (secondary N) is 1. The zero-order chi connectivity index (χ0) is 20.0. The molecule has 1 amide bonds. The van der Waals surface area contributed by atoms with Gasteiger partial charge in [-0.05, 0) is 54.8 Å². The average Bonchev–Trinajstić information content (AvgIpc) is 2.73. The van der Waals surface area contributed by atoms with E-state index < -0.39 is 10.0 Å². The Bertz CT molecular complexity index is 876. The lowest BCUT2D eigenvalue weighted by atomic mass is 9.94. The van der Waals surface area contributed by atoms with Crippen LogP contribution in [-0.2, 0) is 21.4 Å². The van der Waals surface area contributed by atoms with Gasteiger partial charge in [0, 0.05) is 31.0 Å². The number of rotatable bonds is 7. The molecule has 1 aliphatic heterocycles. The molecule has 0 aromatic heterocycles. The quantitative estimate of drug-likeness (QED) is 0.699. The molecule has 1 aliphatic rings. The zero-order valence-corrected chi connectivity index (χ0v) is 17.6. The minimum absolute atomic E-state index is 0.0262. The van der Waals surface area contributed by atoms with E-state index in [9.17, 15) is 13.2 Å². The molecule has 1 fully saturated rings. The van der Waals surface area contributed by atoms with Gasteiger partial charge in [0.05, 0.1) is 4.90 Å². The van der Waals surface area contributed by atoms with Gasteiger partial charge in [-0.2, -0.15) is 4.31 Å². The topological polar surface area (TPSA) is 66.5 Å². The van der Waals surface area contributed by atoms with Crippen LogP contribution in [0.5, 0.6) is 0 Å². The molecule has 1 saturated heterocycles. The second kappa shape index (κ2) is 9.58. The molecule has 0 atom stereocenters. The van der Waals surface area contributed by atoms with E-state index in [1.165, 1.54) is 9.20 Å². The van der Waals surface area contributed by atoms with Crippen molar-refractivity contribution in [2.24, 2.45) is 5.92 Å². The molecule has 28 heavy (non-hydrogen) atoms. The highest BCUT2D eigenvalue weighted by Crippen LogP contribution is 2.25. The van der Waals surface area contributed by atoms with E-state index in [0.29, 0.717) is 43.8 Å². The summed E-state index contributed by atoms with van der Waals surface area (Å²) in [6, 6.07) is 16.7. The Labute approximate surface area is 171 Å². The molecule has 1 N–H and O–H groups in total. The fourth-order valence-corrected chi connectivity index (χ4v) is 5.27. The number of nitrogens with zero attached hydrogens (tertiary/aromatic N) is 1. The molecule has 2 aromatic carbocycles. The van der Waals surface area contributed by atoms with Gasteiger partial charge in [-0.3, -0.25) is 4.79 Å². The van der Waals surface area contributed by atoms with Gasteiger partial charge >= 0.3 is 0 Å². The van der Waals surface area contributed by atoms with Crippen molar-refractivity contribution in [3.63, 3.8) is 0 Å². The predicted molar refractivity (Wildman–Crippen MR) is 113 cm³/mol. The van der Waals surface area contributed by atoms with Crippen molar-refractivity contribution in [2.45, 2.75) is 35.6 Å². The lowest BCUT2D eigenvalue weighted by molar-refractivity contribution is -0.122. The van der Waals surface area contributed by atoms with E-state index in [1.807, 2.05) is 18.4 Å². The maximum atomic E-state index is 12.7. The Kier molecular flexibility index (Phi) is 7.15. The van der Waals surface area contributed by atoms with Crippen LogP contribution in [0.3, 0.4) is 0 Å². The molecule has 3 rings (SSSR count). The fraction of sp³-hybridized carbons (Fsp3) is 0.381. The van der Waals surface area contributed by atoms with E-state index in [2.05, 4.69) is 17.4 Å². The average molecular weight is 419 g/mol. The highest BCUT2D eigenvalue weighted by Gasteiger charge is 2.29. The number of carbonyl (C=O) groups is 1. The molecule has 0 aliphatic carbocycles. The third-order valence-electron chi connectivity index (χ3n) is 5.08. The molecule has 7 heteroatoms. The number of thioether (sulfide) groups is 1. The van der Waals surface area contributed by atoms with Crippen molar-refractivity contribution in [1.82, 2.24) is 9.62 Å². The lowest BCUT2D eigenvalue weighted by Gasteiger charge is -2.31. The third kappa shape index (κ3) is 5.37. The maximum absolute atomic E-state index is 12.7. The molecule has 0 bridgehead atoms. The van der Waals surface area contributed by atoms with Gasteiger partial charge in [-0.1, -0.05) is 30.3 Å². The highest BCUT2D eigenvalue weighted by atomic mass is 32.2. The largest absolute Gasteiger partial charge is 0.352 e. The van der Waals surface area contributed by atoms with Crippen molar-refractivity contribution in [3.05, 3.63) is 60.2 Å². The molecular formula is C21H26N2O3S2. The zero-order valence-electron chi connectivity index (χ0n) is 16.0. The van der Waals surface area contributed by atoms with Gasteiger partial charge in [0.15, 0.2) is 0 Å². The van der Waals surface area contributed by atoms with Crippen molar-refractivity contribution >= 4 is 27.7 Å². The van der Waals surface area contributed by atoms with E-state index >= 15 is 0 Å². The van der Waals surface area contributed by atoms with Crippen LogP contribution in [0.2, 0.25) is 0 Å². The Morgan fingerprint density at radius 1 is 1.07 bits per heavy atom. The van der Waals surface area contributed by atoms with Gasteiger partial charge in [-0.15, -0.1) is 11.8 Å². The minimum atomic E-state index is -3.43. The number of sulfonamides is 1. The fourth-order valence-electron chi connectivity index (χ4n) is 3.37. The molecule has 0 spiro atoms. The lowest BCUT2D eigenvalue weighted by Crippen LogP contribution is -2.39. The van der Waals surface area contributed by atoms with Crippen LogP contribution in [-0.4, -0.2) is 38.0 Å². The summed E-state index contributed by atoms with van der Waals surface area (Å²) in [5.41, 5.74) is 1.08. The molecule has 0 unspecified atom stereocenters. The summed E-state index contributed by atoms with van der Waals surface area (Å²) in [5, 5.41) is 2.97.